The molecule has 1 fully saturated rings. The molecule has 206 valence electrons. The highest BCUT2D eigenvalue weighted by molar-refractivity contribution is 6.30. The minimum absolute atomic E-state index is 0.00314. The predicted molar refractivity (Wildman–Crippen MR) is 151 cm³/mol. The van der Waals surface area contributed by atoms with Gasteiger partial charge in [0.25, 0.3) is 5.91 Å². The summed E-state index contributed by atoms with van der Waals surface area (Å²) in [5.74, 6) is 0.468. The third-order valence-electron chi connectivity index (χ3n) is 7.42. The molecular weight excluding hydrogens is 504 g/mol. The number of aromatic hydroxyl groups is 1. The van der Waals surface area contributed by atoms with Gasteiger partial charge in [0.15, 0.2) is 12.4 Å². The average molecular weight is 543 g/mol. The van der Waals surface area contributed by atoms with Crippen molar-refractivity contribution in [1.29, 1.82) is 0 Å². The number of phenolic OH excluding ortho intramolecular Hbond substituents is 1. The number of carbonyl (C=O) groups is 2. The van der Waals surface area contributed by atoms with Gasteiger partial charge in [-0.3, -0.25) is 9.59 Å². The highest BCUT2D eigenvalue weighted by Gasteiger charge is 2.26. The van der Waals surface area contributed by atoms with Crippen LogP contribution in [0.3, 0.4) is 0 Å². The average Bonchev–Trinajstić information content (AvgIpc) is 2.93. The second kappa shape index (κ2) is 13.7. The number of hydrogen-bond donors (Lipinski definition) is 3. The van der Waals surface area contributed by atoms with E-state index >= 15 is 0 Å². The van der Waals surface area contributed by atoms with Crippen molar-refractivity contribution >= 4 is 34.8 Å². The lowest BCUT2D eigenvalue weighted by molar-refractivity contribution is -0.134. The van der Waals surface area contributed by atoms with E-state index in [-0.39, 0.29) is 24.2 Å². The Morgan fingerprint density at radius 2 is 1.97 bits per heavy atom. The van der Waals surface area contributed by atoms with E-state index in [1.807, 2.05) is 30.3 Å². The maximum absolute atomic E-state index is 13.4. The van der Waals surface area contributed by atoms with Crippen molar-refractivity contribution < 1.29 is 19.4 Å². The van der Waals surface area contributed by atoms with E-state index in [9.17, 15) is 14.7 Å². The molecule has 0 atom stereocenters. The van der Waals surface area contributed by atoms with Gasteiger partial charge in [0.05, 0.1) is 0 Å². The van der Waals surface area contributed by atoms with Crippen molar-refractivity contribution in [2.75, 3.05) is 49.5 Å². The summed E-state index contributed by atoms with van der Waals surface area (Å²) in [6.07, 6.45) is 6.89. The quantitative estimate of drug-likeness (QED) is 0.268. The van der Waals surface area contributed by atoms with Crippen LogP contribution >= 0.6 is 11.6 Å². The Kier molecular flexibility index (Phi) is 10.1. The van der Waals surface area contributed by atoms with Crippen LogP contribution in [0, 0.1) is 0 Å². The van der Waals surface area contributed by atoms with Crippen molar-refractivity contribution in [3.63, 3.8) is 0 Å². The number of anilines is 2. The predicted octanol–water partition coefficient (Wildman–Crippen LogP) is 4.59. The maximum atomic E-state index is 13.4. The van der Waals surface area contributed by atoms with Crippen molar-refractivity contribution in [2.45, 2.75) is 57.9 Å². The number of carbonyl (C=O) groups excluding carboxylic acids is 2. The summed E-state index contributed by atoms with van der Waals surface area (Å²) in [7, 11) is 0. The topological polar surface area (TPSA) is 94.1 Å². The zero-order valence-electron chi connectivity index (χ0n) is 22.2. The molecule has 3 N–H and O–H groups in total. The van der Waals surface area contributed by atoms with Crippen LogP contribution in [0.25, 0.3) is 0 Å². The summed E-state index contributed by atoms with van der Waals surface area (Å²) in [6.45, 7) is 5.58. The number of benzene rings is 2. The number of halogens is 1. The molecule has 0 unspecified atom stereocenters. The fourth-order valence-corrected chi connectivity index (χ4v) is 5.56. The van der Waals surface area contributed by atoms with Gasteiger partial charge in [0.1, 0.15) is 11.4 Å². The lowest BCUT2D eigenvalue weighted by Crippen LogP contribution is -2.46. The van der Waals surface area contributed by atoms with Crippen molar-refractivity contribution in [2.24, 2.45) is 0 Å². The molecule has 0 spiro atoms. The molecule has 0 aromatic heterocycles. The van der Waals surface area contributed by atoms with E-state index in [0.29, 0.717) is 61.5 Å². The van der Waals surface area contributed by atoms with Crippen LogP contribution in [0.15, 0.2) is 36.4 Å². The van der Waals surface area contributed by atoms with E-state index in [1.165, 1.54) is 19.3 Å². The number of phenols is 1. The number of nitrogens with zero attached hydrogens (tertiary/aromatic N) is 2. The van der Waals surface area contributed by atoms with Gasteiger partial charge in [0.2, 0.25) is 5.91 Å². The van der Waals surface area contributed by atoms with Crippen LogP contribution in [0.2, 0.25) is 5.02 Å². The molecule has 1 saturated carbocycles. The van der Waals surface area contributed by atoms with Crippen LogP contribution in [-0.2, 0) is 16.0 Å². The molecule has 8 nitrogen and oxygen atoms in total. The molecule has 0 bridgehead atoms. The maximum Gasteiger partial charge on any atom is 0.262 e. The molecule has 9 heteroatoms. The van der Waals surface area contributed by atoms with E-state index < -0.39 is 0 Å². The number of fused-ring (bicyclic) bond motifs is 1. The standard InChI is InChI=1S/C29H39ClN4O4/c1-2-33(24-10-6-7-22(30)19-24)17-14-27(37)34(23-8-4-3-5-9-23)18-16-31-15-13-21-11-12-25(35)28-29(21)38-20-26(36)32-28/h6-7,10-12,19,23,31,35H,2-5,8-9,13-18,20H2,1H3,(H,32,36). The second-order valence-corrected chi connectivity index (χ2v) is 10.4. The molecule has 38 heavy (non-hydrogen) atoms. The highest BCUT2D eigenvalue weighted by Crippen LogP contribution is 2.39. The van der Waals surface area contributed by atoms with Gasteiger partial charge in [-0.25, -0.2) is 0 Å². The Hall–Kier alpha value is -2.97. The fourth-order valence-electron chi connectivity index (χ4n) is 5.38. The van der Waals surface area contributed by atoms with Gasteiger partial charge in [0, 0.05) is 49.4 Å². The van der Waals surface area contributed by atoms with Gasteiger partial charge >= 0.3 is 0 Å². The van der Waals surface area contributed by atoms with Crippen LogP contribution in [0.5, 0.6) is 11.5 Å². The fraction of sp³-hybridized carbons (Fsp3) is 0.517. The first kappa shape index (κ1) is 28.0. The molecule has 2 amide bonds. The highest BCUT2D eigenvalue weighted by atomic mass is 35.5. The summed E-state index contributed by atoms with van der Waals surface area (Å²) < 4.78 is 5.58. The number of ether oxygens (including phenoxy) is 1. The summed E-state index contributed by atoms with van der Waals surface area (Å²) in [6, 6.07) is 11.5. The molecule has 2 aromatic carbocycles. The Bertz CT molecular complexity index is 1110. The first-order valence-corrected chi connectivity index (χ1v) is 14.1. The molecule has 1 aliphatic heterocycles. The molecule has 2 aromatic rings. The molecule has 1 aliphatic carbocycles. The summed E-state index contributed by atoms with van der Waals surface area (Å²) in [5, 5.41) is 16.9. The number of amides is 2. The molecule has 1 heterocycles. The lowest BCUT2D eigenvalue weighted by Gasteiger charge is -2.35. The van der Waals surface area contributed by atoms with Gasteiger partial charge in [-0.2, -0.15) is 0 Å². The van der Waals surface area contributed by atoms with Crippen molar-refractivity contribution in [1.82, 2.24) is 10.2 Å². The largest absolute Gasteiger partial charge is 0.506 e. The molecule has 4 rings (SSSR count). The zero-order valence-corrected chi connectivity index (χ0v) is 22.9. The Balaban J connectivity index is 1.30. The van der Waals surface area contributed by atoms with Gasteiger partial charge in [-0.15, -0.1) is 0 Å². The zero-order chi connectivity index (χ0) is 26.9. The molecule has 0 radical (unpaired) electrons. The Labute approximate surface area is 230 Å². The van der Waals surface area contributed by atoms with Gasteiger partial charge in [-0.1, -0.05) is 43.0 Å². The van der Waals surface area contributed by atoms with E-state index in [0.717, 1.165) is 30.6 Å². The lowest BCUT2D eigenvalue weighted by atomic mass is 9.94. The summed E-state index contributed by atoms with van der Waals surface area (Å²) in [5.41, 5.74) is 2.30. The first-order chi connectivity index (χ1) is 18.5. The Morgan fingerprint density at radius 3 is 2.74 bits per heavy atom. The Morgan fingerprint density at radius 1 is 1.16 bits per heavy atom. The van der Waals surface area contributed by atoms with Gasteiger partial charge < -0.3 is 30.3 Å². The molecule has 0 saturated heterocycles. The normalized spacial score (nSPS) is 15.4. The van der Waals surface area contributed by atoms with Crippen LogP contribution in [0.1, 0.15) is 51.0 Å². The van der Waals surface area contributed by atoms with Gasteiger partial charge in [-0.05, 0) is 62.6 Å². The van der Waals surface area contributed by atoms with Crippen LogP contribution in [-0.4, -0.2) is 67.2 Å². The first-order valence-electron chi connectivity index (χ1n) is 13.7. The second-order valence-electron chi connectivity index (χ2n) is 9.97. The van der Waals surface area contributed by atoms with Crippen LogP contribution in [0.4, 0.5) is 11.4 Å². The summed E-state index contributed by atoms with van der Waals surface area (Å²) >= 11 is 6.19. The minimum atomic E-state index is -0.273. The summed E-state index contributed by atoms with van der Waals surface area (Å²) in [4.78, 5) is 29.4. The smallest absolute Gasteiger partial charge is 0.262 e. The minimum Gasteiger partial charge on any atom is -0.506 e. The van der Waals surface area contributed by atoms with Crippen LogP contribution < -0.4 is 20.3 Å². The number of nitrogens with one attached hydrogen (secondary N) is 2. The van der Waals surface area contributed by atoms with E-state index in [4.69, 9.17) is 16.3 Å². The SMILES string of the molecule is CCN(CCC(=O)N(CCNCCc1ccc(O)c2c1OCC(=O)N2)C1CCCCC1)c1cccc(Cl)c1. The van der Waals surface area contributed by atoms with Crippen molar-refractivity contribution in [3.8, 4) is 11.5 Å². The van der Waals surface area contributed by atoms with E-state index in [2.05, 4.69) is 27.4 Å². The van der Waals surface area contributed by atoms with E-state index in [1.54, 1.807) is 6.07 Å². The number of rotatable bonds is 12. The third kappa shape index (κ3) is 7.32. The third-order valence-corrected chi connectivity index (χ3v) is 7.65. The van der Waals surface area contributed by atoms with Crippen molar-refractivity contribution in [3.05, 3.63) is 47.0 Å². The monoisotopic (exact) mass is 542 g/mol. The molecule has 2 aliphatic rings. The molecular formula is C29H39ClN4O4. The number of hydrogen-bond acceptors (Lipinski definition) is 6.